The highest BCUT2D eigenvalue weighted by Crippen LogP contribution is 2.59. The molecule has 0 saturated heterocycles. The second-order valence-electron chi connectivity index (χ2n) is 8.40. The van der Waals surface area contributed by atoms with Gasteiger partial charge in [-0.3, -0.25) is 9.67 Å². The number of hydrogen-bond acceptors (Lipinski definition) is 4. The molecule has 4 bridgehead atoms. The fourth-order valence-corrected chi connectivity index (χ4v) is 6.63. The molecule has 4 aliphatic carbocycles. The van der Waals surface area contributed by atoms with Crippen LogP contribution in [0.5, 0.6) is 11.5 Å². The van der Waals surface area contributed by atoms with Crippen molar-refractivity contribution in [3.05, 3.63) is 23.0 Å². The Kier molecular flexibility index (Phi) is 2.80. The number of aromatic amines is 1. The summed E-state index contributed by atoms with van der Waals surface area (Å²) in [5.74, 6) is 5.15. The maximum absolute atomic E-state index is 5.70. The van der Waals surface area contributed by atoms with E-state index >= 15 is 0 Å². The van der Waals surface area contributed by atoms with E-state index in [2.05, 4.69) is 20.8 Å². The van der Waals surface area contributed by atoms with Gasteiger partial charge < -0.3 is 9.47 Å². The van der Waals surface area contributed by atoms with Gasteiger partial charge in [0, 0.05) is 11.1 Å². The predicted octanol–water partition coefficient (Wildman–Crippen LogP) is 4.26. The first kappa shape index (κ1) is 14.4. The SMILES string of the molecule is S=c1[nH]nc(-c2ccc3c(c2)OCO3)n1C12CC3CC(CC(C3)C1)C2. The highest BCUT2D eigenvalue weighted by atomic mass is 32.1. The van der Waals surface area contributed by atoms with Crippen molar-refractivity contribution < 1.29 is 9.47 Å². The minimum absolute atomic E-state index is 0.157. The van der Waals surface area contributed by atoms with Crippen LogP contribution in [0.15, 0.2) is 18.2 Å². The number of rotatable bonds is 2. The van der Waals surface area contributed by atoms with Gasteiger partial charge in [0.1, 0.15) is 0 Å². The van der Waals surface area contributed by atoms with Crippen molar-refractivity contribution in [3.8, 4) is 22.9 Å². The zero-order chi connectivity index (χ0) is 16.6. The van der Waals surface area contributed by atoms with Crippen molar-refractivity contribution in [3.63, 3.8) is 0 Å². The van der Waals surface area contributed by atoms with Crippen molar-refractivity contribution in [2.24, 2.45) is 17.8 Å². The van der Waals surface area contributed by atoms with Crippen LogP contribution in [-0.4, -0.2) is 21.6 Å². The number of H-pyrrole nitrogens is 1. The number of ether oxygens (including phenoxy) is 2. The smallest absolute Gasteiger partial charge is 0.231 e. The topological polar surface area (TPSA) is 52.1 Å². The van der Waals surface area contributed by atoms with Crippen LogP contribution in [-0.2, 0) is 5.54 Å². The third-order valence-corrected chi connectivity index (χ3v) is 7.06. The lowest BCUT2D eigenvalue weighted by molar-refractivity contribution is -0.0430. The minimum atomic E-state index is 0.157. The highest BCUT2D eigenvalue weighted by molar-refractivity contribution is 7.71. The van der Waals surface area contributed by atoms with Gasteiger partial charge in [-0.15, -0.1) is 0 Å². The Balaban J connectivity index is 1.49. The molecule has 6 heteroatoms. The van der Waals surface area contributed by atoms with Crippen molar-refractivity contribution in [2.45, 2.75) is 44.1 Å². The van der Waals surface area contributed by atoms with Crippen LogP contribution in [0.3, 0.4) is 0 Å². The van der Waals surface area contributed by atoms with Gasteiger partial charge >= 0.3 is 0 Å². The molecular weight excluding hydrogens is 334 g/mol. The molecule has 0 radical (unpaired) electrons. The van der Waals surface area contributed by atoms with Crippen LogP contribution < -0.4 is 9.47 Å². The van der Waals surface area contributed by atoms with Crippen LogP contribution in [0.2, 0.25) is 0 Å². The third-order valence-electron chi connectivity index (χ3n) is 6.78. The molecule has 5 nitrogen and oxygen atoms in total. The lowest BCUT2D eigenvalue weighted by Gasteiger charge is -2.57. The number of aromatic nitrogens is 3. The van der Waals surface area contributed by atoms with Crippen molar-refractivity contribution in [1.29, 1.82) is 0 Å². The molecule has 1 aromatic carbocycles. The Morgan fingerprint density at radius 3 is 2.44 bits per heavy atom. The second-order valence-corrected chi connectivity index (χ2v) is 8.78. The Morgan fingerprint density at radius 2 is 1.72 bits per heavy atom. The van der Waals surface area contributed by atoms with Gasteiger partial charge in [-0.1, -0.05) is 0 Å². The van der Waals surface area contributed by atoms with E-state index in [0.29, 0.717) is 6.79 Å². The molecule has 130 valence electrons. The van der Waals surface area contributed by atoms with Crippen LogP contribution in [0.25, 0.3) is 11.4 Å². The predicted molar refractivity (Wildman–Crippen MR) is 95.1 cm³/mol. The van der Waals surface area contributed by atoms with Crippen LogP contribution >= 0.6 is 12.2 Å². The lowest BCUT2D eigenvalue weighted by Crippen LogP contribution is -2.52. The van der Waals surface area contributed by atoms with Gasteiger partial charge in [-0.2, -0.15) is 5.10 Å². The zero-order valence-corrected chi connectivity index (χ0v) is 14.8. The summed E-state index contributed by atoms with van der Waals surface area (Å²) in [5.41, 5.74) is 1.21. The Hall–Kier alpha value is -1.82. The van der Waals surface area contributed by atoms with Crippen molar-refractivity contribution in [1.82, 2.24) is 14.8 Å². The lowest BCUT2D eigenvalue weighted by atomic mass is 9.53. The third kappa shape index (κ3) is 2.00. The molecule has 1 aliphatic heterocycles. The number of hydrogen-bond donors (Lipinski definition) is 1. The minimum Gasteiger partial charge on any atom is -0.454 e. The number of benzene rings is 1. The molecule has 5 aliphatic rings. The standard InChI is InChI=1S/C19H21N3O2S/c25-18-21-20-17(14-1-2-15-16(6-14)24-10-23-15)22(18)19-7-11-3-12(8-19)5-13(4-11)9-19/h1-2,6,11-13H,3-5,7-10H2,(H,21,25). The van der Waals surface area contributed by atoms with Gasteiger partial charge in [-0.05, 0) is 86.7 Å². The number of fused-ring (bicyclic) bond motifs is 1. The molecule has 7 rings (SSSR count). The summed E-state index contributed by atoms with van der Waals surface area (Å²) in [6.07, 6.45) is 8.02. The molecule has 0 atom stereocenters. The summed E-state index contributed by atoms with van der Waals surface area (Å²) >= 11 is 5.70. The Bertz CT molecular complexity index is 880. The first-order chi connectivity index (χ1) is 12.2. The Labute approximate surface area is 151 Å². The van der Waals surface area contributed by atoms with E-state index in [-0.39, 0.29) is 5.54 Å². The van der Waals surface area contributed by atoms with Crippen molar-refractivity contribution in [2.75, 3.05) is 6.79 Å². The molecule has 1 aromatic heterocycles. The van der Waals surface area contributed by atoms with Crippen LogP contribution in [0.1, 0.15) is 38.5 Å². The van der Waals surface area contributed by atoms with Crippen LogP contribution in [0.4, 0.5) is 0 Å². The van der Waals surface area contributed by atoms with E-state index < -0.39 is 0 Å². The summed E-state index contributed by atoms with van der Waals surface area (Å²) in [5, 5.41) is 7.69. The molecular formula is C19H21N3O2S. The summed E-state index contributed by atoms with van der Waals surface area (Å²) < 4.78 is 14.1. The van der Waals surface area contributed by atoms with Crippen LogP contribution in [0, 0.1) is 22.5 Å². The van der Waals surface area contributed by atoms with E-state index in [1.54, 1.807) is 0 Å². The van der Waals surface area contributed by atoms with E-state index in [4.69, 9.17) is 21.7 Å². The molecule has 0 unspecified atom stereocenters. The second kappa shape index (κ2) is 4.87. The average Bonchev–Trinajstić information content (AvgIpc) is 3.19. The van der Waals surface area contributed by atoms with Gasteiger partial charge in [-0.25, -0.2) is 0 Å². The summed E-state index contributed by atoms with van der Waals surface area (Å²) in [4.78, 5) is 0. The molecule has 2 heterocycles. The van der Waals surface area contributed by atoms with E-state index in [9.17, 15) is 0 Å². The Morgan fingerprint density at radius 1 is 1.04 bits per heavy atom. The van der Waals surface area contributed by atoms with Crippen molar-refractivity contribution >= 4 is 12.2 Å². The average molecular weight is 355 g/mol. The number of nitrogens with one attached hydrogen (secondary N) is 1. The zero-order valence-electron chi connectivity index (χ0n) is 14.0. The first-order valence-electron chi connectivity index (χ1n) is 9.28. The maximum Gasteiger partial charge on any atom is 0.231 e. The van der Waals surface area contributed by atoms with E-state index in [0.717, 1.165) is 45.4 Å². The fourth-order valence-electron chi connectivity index (χ4n) is 6.31. The molecule has 2 aromatic rings. The first-order valence-corrected chi connectivity index (χ1v) is 9.69. The summed E-state index contributed by atoms with van der Waals surface area (Å²) in [7, 11) is 0. The molecule has 0 spiro atoms. The monoisotopic (exact) mass is 355 g/mol. The van der Waals surface area contributed by atoms with E-state index in [1.165, 1.54) is 38.5 Å². The summed E-state index contributed by atoms with van der Waals surface area (Å²) in [6, 6.07) is 6.07. The highest BCUT2D eigenvalue weighted by Gasteiger charge is 2.52. The molecule has 4 fully saturated rings. The summed E-state index contributed by atoms with van der Waals surface area (Å²) in [6.45, 7) is 0.292. The van der Waals surface area contributed by atoms with Gasteiger partial charge in [0.15, 0.2) is 22.1 Å². The molecule has 25 heavy (non-hydrogen) atoms. The quantitative estimate of drug-likeness (QED) is 0.818. The van der Waals surface area contributed by atoms with Gasteiger partial charge in [0.2, 0.25) is 6.79 Å². The maximum atomic E-state index is 5.70. The molecule has 4 saturated carbocycles. The largest absolute Gasteiger partial charge is 0.454 e. The fraction of sp³-hybridized carbons (Fsp3) is 0.579. The van der Waals surface area contributed by atoms with E-state index in [1.807, 2.05) is 12.1 Å². The number of nitrogens with zero attached hydrogens (tertiary/aromatic N) is 2. The molecule has 1 N–H and O–H groups in total. The van der Waals surface area contributed by atoms with Gasteiger partial charge in [0.25, 0.3) is 0 Å². The molecule has 0 amide bonds. The van der Waals surface area contributed by atoms with Gasteiger partial charge in [0.05, 0.1) is 0 Å². The normalized spacial score (nSPS) is 34.6.